The van der Waals surface area contributed by atoms with E-state index in [0.29, 0.717) is 6.42 Å². The SMILES string of the molecule is CC(C)C1(C(=O)O)CC1C(=O)N1CCC1. The number of aliphatic carboxylic acids is 1. The summed E-state index contributed by atoms with van der Waals surface area (Å²) in [5, 5.41) is 9.20. The second-order valence-corrected chi connectivity index (χ2v) is 4.94. The third-order valence-corrected chi connectivity index (χ3v) is 3.90. The highest BCUT2D eigenvalue weighted by atomic mass is 16.4. The Labute approximate surface area is 89.3 Å². The van der Waals surface area contributed by atoms with Crippen molar-refractivity contribution in [3.63, 3.8) is 0 Å². The van der Waals surface area contributed by atoms with Gasteiger partial charge in [-0.2, -0.15) is 0 Å². The summed E-state index contributed by atoms with van der Waals surface area (Å²) in [6, 6.07) is 0. The average Bonchev–Trinajstić information content (AvgIpc) is 2.75. The molecule has 0 aromatic rings. The van der Waals surface area contributed by atoms with E-state index in [2.05, 4.69) is 0 Å². The lowest BCUT2D eigenvalue weighted by Crippen LogP contribution is -2.44. The summed E-state index contributed by atoms with van der Waals surface area (Å²) in [4.78, 5) is 24.8. The predicted octanol–water partition coefficient (Wildman–Crippen LogP) is 0.966. The lowest BCUT2D eigenvalue weighted by molar-refractivity contribution is -0.149. The molecule has 1 saturated carbocycles. The second kappa shape index (κ2) is 3.22. The van der Waals surface area contributed by atoms with Gasteiger partial charge in [0.25, 0.3) is 0 Å². The van der Waals surface area contributed by atoms with Crippen LogP contribution in [0.15, 0.2) is 0 Å². The number of carbonyl (C=O) groups excluding carboxylic acids is 1. The zero-order valence-electron chi connectivity index (χ0n) is 9.19. The molecule has 0 aromatic heterocycles. The van der Waals surface area contributed by atoms with Crippen LogP contribution >= 0.6 is 0 Å². The zero-order chi connectivity index (χ0) is 11.2. The number of hydrogen-bond acceptors (Lipinski definition) is 2. The number of amides is 1. The highest BCUT2D eigenvalue weighted by molar-refractivity contribution is 5.93. The Hall–Kier alpha value is -1.06. The van der Waals surface area contributed by atoms with E-state index in [-0.39, 0.29) is 17.7 Å². The molecule has 2 aliphatic rings. The molecule has 2 atom stereocenters. The largest absolute Gasteiger partial charge is 0.481 e. The molecule has 2 unspecified atom stereocenters. The van der Waals surface area contributed by atoms with E-state index >= 15 is 0 Å². The van der Waals surface area contributed by atoms with Crippen LogP contribution in [-0.2, 0) is 9.59 Å². The van der Waals surface area contributed by atoms with Crippen molar-refractivity contribution in [2.45, 2.75) is 26.7 Å². The molecular formula is C11H17NO3. The number of nitrogens with zero attached hydrogens (tertiary/aromatic N) is 1. The first-order valence-corrected chi connectivity index (χ1v) is 5.52. The molecular weight excluding hydrogens is 194 g/mol. The van der Waals surface area contributed by atoms with E-state index in [1.807, 2.05) is 13.8 Å². The van der Waals surface area contributed by atoms with Gasteiger partial charge in [-0.25, -0.2) is 0 Å². The molecule has 1 N–H and O–H groups in total. The topological polar surface area (TPSA) is 57.6 Å². The summed E-state index contributed by atoms with van der Waals surface area (Å²) < 4.78 is 0. The number of likely N-dealkylation sites (tertiary alicyclic amines) is 1. The van der Waals surface area contributed by atoms with E-state index in [1.54, 1.807) is 4.90 Å². The van der Waals surface area contributed by atoms with E-state index in [9.17, 15) is 14.7 Å². The third kappa shape index (κ3) is 1.34. The van der Waals surface area contributed by atoms with Crippen LogP contribution in [0.5, 0.6) is 0 Å². The molecule has 0 bridgehead atoms. The summed E-state index contributed by atoms with van der Waals surface area (Å²) in [6.45, 7) is 5.39. The molecule has 0 aromatic carbocycles. The Morgan fingerprint density at radius 1 is 1.40 bits per heavy atom. The molecule has 4 heteroatoms. The predicted molar refractivity (Wildman–Crippen MR) is 54.2 cm³/mol. The van der Waals surface area contributed by atoms with Gasteiger partial charge in [0.15, 0.2) is 0 Å². The van der Waals surface area contributed by atoms with Crippen molar-refractivity contribution in [3.05, 3.63) is 0 Å². The quantitative estimate of drug-likeness (QED) is 0.756. The fraction of sp³-hybridized carbons (Fsp3) is 0.818. The molecule has 15 heavy (non-hydrogen) atoms. The Bertz CT molecular complexity index is 309. The Balaban J connectivity index is 2.08. The standard InChI is InChI=1S/C11H17NO3/c1-7(2)11(10(14)15)6-8(11)9(13)12-4-3-5-12/h7-8H,3-6H2,1-2H3,(H,14,15). The van der Waals surface area contributed by atoms with Crippen LogP contribution in [-0.4, -0.2) is 35.0 Å². The molecule has 84 valence electrons. The molecule has 0 radical (unpaired) electrons. The summed E-state index contributed by atoms with van der Waals surface area (Å²) in [5.41, 5.74) is -0.771. The van der Waals surface area contributed by atoms with Crippen LogP contribution in [0, 0.1) is 17.3 Å². The van der Waals surface area contributed by atoms with Crippen LogP contribution in [0.2, 0.25) is 0 Å². The molecule has 1 amide bonds. The van der Waals surface area contributed by atoms with Crippen molar-refractivity contribution >= 4 is 11.9 Å². The van der Waals surface area contributed by atoms with Crippen LogP contribution in [0.4, 0.5) is 0 Å². The Kier molecular flexibility index (Phi) is 2.24. The molecule has 4 nitrogen and oxygen atoms in total. The van der Waals surface area contributed by atoms with E-state index < -0.39 is 11.4 Å². The minimum absolute atomic E-state index is 0.0326. The van der Waals surface area contributed by atoms with Crippen molar-refractivity contribution in [1.29, 1.82) is 0 Å². The highest BCUT2D eigenvalue weighted by Gasteiger charge is 2.66. The maximum Gasteiger partial charge on any atom is 0.310 e. The second-order valence-electron chi connectivity index (χ2n) is 4.94. The van der Waals surface area contributed by atoms with Gasteiger partial charge in [-0.15, -0.1) is 0 Å². The number of carbonyl (C=O) groups is 2. The first-order chi connectivity index (χ1) is 7.00. The molecule has 1 heterocycles. The first kappa shape index (κ1) is 10.5. The van der Waals surface area contributed by atoms with Gasteiger partial charge >= 0.3 is 5.97 Å². The first-order valence-electron chi connectivity index (χ1n) is 5.52. The Morgan fingerprint density at radius 2 is 2.00 bits per heavy atom. The third-order valence-electron chi connectivity index (χ3n) is 3.90. The van der Waals surface area contributed by atoms with Crippen molar-refractivity contribution in [2.24, 2.45) is 17.3 Å². The van der Waals surface area contributed by atoms with Crippen LogP contribution in [0.3, 0.4) is 0 Å². The van der Waals surface area contributed by atoms with Crippen LogP contribution in [0.25, 0.3) is 0 Å². The summed E-state index contributed by atoms with van der Waals surface area (Å²) in [5.74, 6) is -0.991. The van der Waals surface area contributed by atoms with Crippen LogP contribution < -0.4 is 0 Å². The van der Waals surface area contributed by atoms with Gasteiger partial charge in [-0.1, -0.05) is 13.8 Å². The van der Waals surface area contributed by atoms with E-state index in [1.165, 1.54) is 0 Å². The van der Waals surface area contributed by atoms with Gasteiger partial charge in [-0.05, 0) is 18.8 Å². The fourth-order valence-corrected chi connectivity index (χ4v) is 2.46. The molecule has 2 rings (SSSR count). The van der Waals surface area contributed by atoms with Gasteiger partial charge < -0.3 is 10.0 Å². The molecule has 1 aliphatic carbocycles. The highest BCUT2D eigenvalue weighted by Crippen LogP contribution is 2.58. The lowest BCUT2D eigenvalue weighted by Gasteiger charge is -2.32. The van der Waals surface area contributed by atoms with Crippen molar-refractivity contribution < 1.29 is 14.7 Å². The number of carboxylic acids is 1. The number of rotatable bonds is 3. The zero-order valence-corrected chi connectivity index (χ0v) is 9.19. The molecule has 1 saturated heterocycles. The van der Waals surface area contributed by atoms with Crippen molar-refractivity contribution in [3.8, 4) is 0 Å². The van der Waals surface area contributed by atoms with Crippen molar-refractivity contribution in [1.82, 2.24) is 4.90 Å². The number of hydrogen-bond donors (Lipinski definition) is 1. The maximum absolute atomic E-state index is 11.9. The number of carboxylic acid groups (broad SMARTS) is 1. The van der Waals surface area contributed by atoms with E-state index in [0.717, 1.165) is 19.5 Å². The van der Waals surface area contributed by atoms with E-state index in [4.69, 9.17) is 0 Å². The average molecular weight is 211 g/mol. The van der Waals surface area contributed by atoms with Gasteiger partial charge in [0.2, 0.25) is 5.91 Å². The summed E-state index contributed by atoms with van der Waals surface area (Å²) in [7, 11) is 0. The Morgan fingerprint density at radius 3 is 2.27 bits per heavy atom. The monoisotopic (exact) mass is 211 g/mol. The minimum Gasteiger partial charge on any atom is -0.481 e. The van der Waals surface area contributed by atoms with Gasteiger partial charge in [-0.3, -0.25) is 9.59 Å². The van der Waals surface area contributed by atoms with Gasteiger partial charge in [0.1, 0.15) is 0 Å². The normalized spacial score (nSPS) is 33.8. The molecule has 0 spiro atoms. The smallest absolute Gasteiger partial charge is 0.310 e. The fourth-order valence-electron chi connectivity index (χ4n) is 2.46. The van der Waals surface area contributed by atoms with Gasteiger partial charge in [0.05, 0.1) is 11.3 Å². The van der Waals surface area contributed by atoms with Crippen LogP contribution in [0.1, 0.15) is 26.7 Å². The minimum atomic E-state index is -0.809. The molecule has 1 aliphatic heterocycles. The summed E-state index contributed by atoms with van der Waals surface area (Å²) in [6.07, 6.45) is 1.58. The van der Waals surface area contributed by atoms with Gasteiger partial charge in [0, 0.05) is 13.1 Å². The van der Waals surface area contributed by atoms with Crippen molar-refractivity contribution in [2.75, 3.05) is 13.1 Å². The molecule has 2 fully saturated rings. The lowest BCUT2D eigenvalue weighted by atomic mass is 9.89. The summed E-state index contributed by atoms with van der Waals surface area (Å²) >= 11 is 0. The maximum atomic E-state index is 11.9.